The largest absolute Gasteiger partial charge is 0.464 e. The molecule has 1 saturated heterocycles. The highest BCUT2D eigenvalue weighted by Crippen LogP contribution is 2.26. The highest BCUT2D eigenvalue weighted by Gasteiger charge is 2.34. The first-order chi connectivity index (χ1) is 11.5. The van der Waals surface area contributed by atoms with Crippen LogP contribution in [0.15, 0.2) is 21.5 Å². The molecule has 1 aromatic rings. The van der Waals surface area contributed by atoms with Crippen LogP contribution < -0.4 is 10.6 Å². The van der Waals surface area contributed by atoms with Crippen molar-refractivity contribution in [2.45, 2.75) is 45.2 Å². The number of rotatable bonds is 6. The van der Waals surface area contributed by atoms with Gasteiger partial charge in [0, 0.05) is 25.3 Å². The summed E-state index contributed by atoms with van der Waals surface area (Å²) < 4.78 is 11.2. The molecule has 25 heavy (non-hydrogen) atoms. The Bertz CT molecular complexity index is 539. The van der Waals surface area contributed by atoms with Crippen LogP contribution in [0, 0.1) is 6.92 Å². The minimum Gasteiger partial charge on any atom is -0.464 e. The highest BCUT2D eigenvalue weighted by atomic mass is 127. The zero-order valence-electron chi connectivity index (χ0n) is 16.1. The first kappa shape index (κ1) is 22.2. The summed E-state index contributed by atoms with van der Waals surface area (Å²) in [5.74, 6) is 2.67. The summed E-state index contributed by atoms with van der Waals surface area (Å²) in [5.41, 5.74) is 0.0745. The third-order valence-electron chi connectivity index (χ3n) is 4.79. The van der Waals surface area contributed by atoms with Gasteiger partial charge in [-0.2, -0.15) is 0 Å². The molecule has 0 bridgehead atoms. The molecule has 7 heteroatoms. The smallest absolute Gasteiger partial charge is 0.191 e. The van der Waals surface area contributed by atoms with E-state index in [1.165, 1.54) is 0 Å². The van der Waals surface area contributed by atoms with Crippen molar-refractivity contribution in [1.29, 1.82) is 0 Å². The number of aliphatic imine (C=N–C) groups is 1. The van der Waals surface area contributed by atoms with Crippen LogP contribution in [0.1, 0.15) is 44.3 Å². The van der Waals surface area contributed by atoms with Crippen molar-refractivity contribution >= 4 is 29.9 Å². The van der Waals surface area contributed by atoms with Gasteiger partial charge in [-0.1, -0.05) is 0 Å². The van der Waals surface area contributed by atoms with Crippen molar-refractivity contribution in [3.8, 4) is 0 Å². The van der Waals surface area contributed by atoms with E-state index in [9.17, 15) is 0 Å². The maximum Gasteiger partial charge on any atom is 0.191 e. The van der Waals surface area contributed by atoms with Crippen LogP contribution in [0.4, 0.5) is 0 Å². The van der Waals surface area contributed by atoms with Crippen molar-refractivity contribution in [2.75, 3.05) is 40.4 Å². The van der Waals surface area contributed by atoms with Gasteiger partial charge in [-0.25, -0.2) is 0 Å². The predicted octanol–water partition coefficient (Wildman–Crippen LogP) is 2.93. The van der Waals surface area contributed by atoms with E-state index < -0.39 is 0 Å². The topological polar surface area (TPSA) is 62.0 Å². The average Bonchev–Trinajstić information content (AvgIpc) is 3.00. The van der Waals surface area contributed by atoms with Gasteiger partial charge in [0.1, 0.15) is 11.5 Å². The van der Waals surface area contributed by atoms with E-state index in [2.05, 4.69) is 43.5 Å². The number of aryl methyl sites for hydroxylation is 1. The number of likely N-dealkylation sites (N-methyl/N-ethyl adjacent to an activating group) is 1. The molecule has 0 amide bonds. The molecule has 0 aromatic carbocycles. The molecule has 0 radical (unpaired) electrons. The zero-order chi connectivity index (χ0) is 17.6. The maximum absolute atomic E-state index is 5.71. The number of halogens is 1. The number of ether oxygens (including phenoxy) is 1. The van der Waals surface area contributed by atoms with Crippen LogP contribution in [0.25, 0.3) is 0 Å². The lowest BCUT2D eigenvalue weighted by atomic mass is 9.89. The average molecular weight is 464 g/mol. The quantitative estimate of drug-likeness (QED) is 0.385. The Morgan fingerprint density at radius 3 is 2.52 bits per heavy atom. The lowest BCUT2D eigenvalue weighted by molar-refractivity contribution is -0.00255. The maximum atomic E-state index is 5.71. The number of hydrogen-bond acceptors (Lipinski definition) is 4. The van der Waals surface area contributed by atoms with E-state index in [1.54, 1.807) is 0 Å². The fourth-order valence-electron chi connectivity index (χ4n) is 3.01. The summed E-state index contributed by atoms with van der Waals surface area (Å²) in [7, 11) is 4.27. The van der Waals surface area contributed by atoms with Crippen LogP contribution in [0.3, 0.4) is 0 Å². The Kier molecular flexibility index (Phi) is 9.23. The summed E-state index contributed by atoms with van der Waals surface area (Å²) in [5, 5.41) is 6.77. The van der Waals surface area contributed by atoms with Gasteiger partial charge in [-0.3, -0.25) is 4.99 Å². The van der Waals surface area contributed by atoms with Crippen LogP contribution in [0.5, 0.6) is 0 Å². The van der Waals surface area contributed by atoms with Gasteiger partial charge in [-0.15, -0.1) is 24.0 Å². The fraction of sp³-hybridized carbons (Fsp3) is 0.722. The van der Waals surface area contributed by atoms with Gasteiger partial charge in [-0.05, 0) is 59.8 Å². The molecule has 1 fully saturated rings. The molecule has 1 aliphatic rings. The molecule has 1 aliphatic heterocycles. The van der Waals surface area contributed by atoms with Crippen LogP contribution in [-0.4, -0.2) is 56.8 Å². The van der Waals surface area contributed by atoms with Gasteiger partial charge in [0.2, 0.25) is 0 Å². The Labute approximate surface area is 168 Å². The molecular formula is C18H33IN4O2. The molecule has 6 nitrogen and oxygen atoms in total. The lowest BCUT2D eigenvalue weighted by Gasteiger charge is -2.41. The monoisotopic (exact) mass is 464 g/mol. The number of guanidine groups is 1. The van der Waals surface area contributed by atoms with Crippen LogP contribution >= 0.6 is 24.0 Å². The molecular weight excluding hydrogens is 431 g/mol. The molecule has 1 unspecified atom stereocenters. The van der Waals surface area contributed by atoms with Crippen LogP contribution in [-0.2, 0) is 4.74 Å². The van der Waals surface area contributed by atoms with Gasteiger partial charge in [0.25, 0.3) is 0 Å². The molecule has 0 spiro atoms. The SMILES string of the molecule is CCNC(=NCC1(N(C)C)CCOCC1)NC(C)c1ccc(C)o1.I. The summed E-state index contributed by atoms with van der Waals surface area (Å²) in [6.07, 6.45) is 2.02. The highest BCUT2D eigenvalue weighted by molar-refractivity contribution is 14.0. The first-order valence-electron chi connectivity index (χ1n) is 8.83. The molecule has 2 N–H and O–H groups in total. The van der Waals surface area contributed by atoms with Crippen molar-refractivity contribution < 1.29 is 9.15 Å². The summed E-state index contributed by atoms with van der Waals surface area (Å²) in [6.45, 7) is 9.31. The van der Waals surface area contributed by atoms with Gasteiger partial charge in [0.05, 0.1) is 12.6 Å². The van der Waals surface area contributed by atoms with Gasteiger partial charge < -0.3 is 24.7 Å². The minimum atomic E-state index is 0. The molecule has 0 saturated carbocycles. The van der Waals surface area contributed by atoms with Gasteiger partial charge in [0.15, 0.2) is 5.96 Å². The number of hydrogen-bond donors (Lipinski definition) is 2. The molecule has 0 aliphatic carbocycles. The van der Waals surface area contributed by atoms with E-state index in [-0.39, 0.29) is 35.6 Å². The number of nitrogens with zero attached hydrogens (tertiary/aromatic N) is 2. The molecule has 1 atom stereocenters. The molecule has 2 heterocycles. The minimum absolute atomic E-state index is 0. The van der Waals surface area contributed by atoms with Crippen molar-refractivity contribution in [1.82, 2.24) is 15.5 Å². The van der Waals surface area contributed by atoms with Crippen molar-refractivity contribution in [2.24, 2.45) is 4.99 Å². The van der Waals surface area contributed by atoms with E-state index in [4.69, 9.17) is 14.1 Å². The molecule has 144 valence electrons. The third-order valence-corrected chi connectivity index (χ3v) is 4.79. The third kappa shape index (κ3) is 6.14. The Balaban J connectivity index is 0.00000312. The summed E-state index contributed by atoms with van der Waals surface area (Å²) >= 11 is 0. The van der Waals surface area contributed by atoms with Crippen LogP contribution in [0.2, 0.25) is 0 Å². The zero-order valence-corrected chi connectivity index (χ0v) is 18.4. The lowest BCUT2D eigenvalue weighted by Crippen LogP contribution is -2.51. The standard InChI is InChI=1S/C18H32N4O2.HI/c1-6-19-17(21-15(3)16-8-7-14(2)24-16)20-13-18(22(4)5)9-11-23-12-10-18;/h7-8,15H,6,9-13H2,1-5H3,(H2,19,20,21);1H. The Morgan fingerprint density at radius 1 is 1.32 bits per heavy atom. The Morgan fingerprint density at radius 2 is 2.00 bits per heavy atom. The number of nitrogens with one attached hydrogen (secondary N) is 2. The van der Waals surface area contributed by atoms with E-state index in [0.29, 0.717) is 0 Å². The second kappa shape index (κ2) is 10.4. The van der Waals surface area contributed by atoms with E-state index >= 15 is 0 Å². The molecule has 1 aromatic heterocycles. The second-order valence-electron chi connectivity index (χ2n) is 6.74. The first-order valence-corrected chi connectivity index (χ1v) is 8.83. The molecule has 2 rings (SSSR count). The van der Waals surface area contributed by atoms with E-state index in [0.717, 1.165) is 56.6 Å². The van der Waals surface area contributed by atoms with E-state index in [1.807, 2.05) is 19.1 Å². The number of furan rings is 1. The Hall–Kier alpha value is -0.800. The predicted molar refractivity (Wildman–Crippen MR) is 113 cm³/mol. The summed E-state index contributed by atoms with van der Waals surface area (Å²) in [6, 6.07) is 4.07. The normalized spacial score (nSPS) is 18.6. The van der Waals surface area contributed by atoms with Gasteiger partial charge >= 0.3 is 0 Å². The second-order valence-corrected chi connectivity index (χ2v) is 6.74. The van der Waals surface area contributed by atoms with Crippen molar-refractivity contribution in [3.05, 3.63) is 23.7 Å². The fourth-order valence-corrected chi connectivity index (χ4v) is 3.01. The summed E-state index contributed by atoms with van der Waals surface area (Å²) in [4.78, 5) is 7.15. The van der Waals surface area contributed by atoms with Crippen molar-refractivity contribution in [3.63, 3.8) is 0 Å².